The van der Waals surface area contributed by atoms with E-state index in [1.165, 1.54) is 12.1 Å². The van der Waals surface area contributed by atoms with Gasteiger partial charge in [-0.05, 0) is 77.9 Å². The SMILES string of the molecule is COc1ccc(C(=O)Nc2ccc(S(=O)(=O)NCC3CCCO3)cc2)cc1I. The van der Waals surface area contributed by atoms with Crippen LogP contribution in [0.25, 0.3) is 0 Å². The Hall–Kier alpha value is -1.69. The Kier molecular flexibility index (Phi) is 6.91. The first kappa shape index (κ1) is 21.0. The van der Waals surface area contributed by atoms with Crippen molar-refractivity contribution in [2.45, 2.75) is 23.8 Å². The van der Waals surface area contributed by atoms with Gasteiger partial charge < -0.3 is 14.8 Å². The molecule has 9 heteroatoms. The second-order valence-electron chi connectivity index (χ2n) is 6.31. The summed E-state index contributed by atoms with van der Waals surface area (Å²) < 4.78 is 38.8. The van der Waals surface area contributed by atoms with Gasteiger partial charge in [0.15, 0.2) is 0 Å². The van der Waals surface area contributed by atoms with Gasteiger partial charge in [-0.2, -0.15) is 0 Å². The quantitative estimate of drug-likeness (QED) is 0.552. The van der Waals surface area contributed by atoms with Crippen LogP contribution >= 0.6 is 22.6 Å². The number of halogens is 1. The van der Waals surface area contributed by atoms with Crippen molar-refractivity contribution in [3.05, 3.63) is 51.6 Å². The van der Waals surface area contributed by atoms with Crippen LogP contribution in [0.15, 0.2) is 47.4 Å². The third-order valence-electron chi connectivity index (χ3n) is 4.36. The minimum atomic E-state index is -3.62. The van der Waals surface area contributed by atoms with Crippen LogP contribution in [0.2, 0.25) is 0 Å². The van der Waals surface area contributed by atoms with Crippen molar-refractivity contribution < 1.29 is 22.7 Å². The monoisotopic (exact) mass is 516 g/mol. The number of carbonyl (C=O) groups excluding carboxylic acids is 1. The fraction of sp³-hybridized carbons (Fsp3) is 0.316. The number of hydrogen-bond donors (Lipinski definition) is 2. The lowest BCUT2D eigenvalue weighted by Crippen LogP contribution is -2.31. The van der Waals surface area contributed by atoms with Gasteiger partial charge in [0.1, 0.15) is 5.75 Å². The summed E-state index contributed by atoms with van der Waals surface area (Å²) >= 11 is 2.10. The van der Waals surface area contributed by atoms with E-state index in [1.807, 2.05) is 0 Å². The average molecular weight is 516 g/mol. The molecule has 0 radical (unpaired) electrons. The summed E-state index contributed by atoms with van der Waals surface area (Å²) in [5.74, 6) is 0.412. The lowest BCUT2D eigenvalue weighted by atomic mass is 10.2. The van der Waals surface area contributed by atoms with Gasteiger partial charge in [0.05, 0.1) is 21.7 Å². The number of methoxy groups -OCH3 is 1. The largest absolute Gasteiger partial charge is 0.496 e. The number of benzene rings is 2. The second-order valence-corrected chi connectivity index (χ2v) is 9.24. The normalized spacial score (nSPS) is 16.7. The molecule has 2 N–H and O–H groups in total. The van der Waals surface area contributed by atoms with Crippen molar-refractivity contribution >= 4 is 44.2 Å². The van der Waals surface area contributed by atoms with Crippen LogP contribution in [0.4, 0.5) is 5.69 Å². The number of sulfonamides is 1. The Bertz CT molecular complexity index is 941. The summed E-state index contributed by atoms with van der Waals surface area (Å²) in [4.78, 5) is 12.5. The maximum Gasteiger partial charge on any atom is 0.255 e. The molecule has 1 unspecified atom stereocenters. The van der Waals surface area contributed by atoms with Gasteiger partial charge >= 0.3 is 0 Å². The number of rotatable bonds is 7. The molecular weight excluding hydrogens is 495 g/mol. The molecule has 0 spiro atoms. The van der Waals surface area contributed by atoms with Crippen molar-refractivity contribution in [3.8, 4) is 5.75 Å². The molecule has 0 saturated carbocycles. The van der Waals surface area contributed by atoms with Gasteiger partial charge in [0, 0.05) is 24.4 Å². The Morgan fingerprint density at radius 3 is 2.61 bits per heavy atom. The molecule has 7 nitrogen and oxygen atoms in total. The lowest BCUT2D eigenvalue weighted by Gasteiger charge is -2.12. The first-order chi connectivity index (χ1) is 13.4. The van der Waals surface area contributed by atoms with Gasteiger partial charge in [-0.25, -0.2) is 13.1 Å². The van der Waals surface area contributed by atoms with E-state index in [1.54, 1.807) is 37.4 Å². The number of ether oxygens (including phenoxy) is 2. The van der Waals surface area contributed by atoms with E-state index in [4.69, 9.17) is 9.47 Å². The number of hydrogen-bond acceptors (Lipinski definition) is 5. The van der Waals surface area contributed by atoms with Crippen LogP contribution in [0.5, 0.6) is 5.75 Å². The summed E-state index contributed by atoms with van der Waals surface area (Å²) in [5, 5.41) is 2.76. The first-order valence-electron chi connectivity index (χ1n) is 8.75. The van der Waals surface area contributed by atoms with Gasteiger partial charge in [-0.1, -0.05) is 0 Å². The number of carbonyl (C=O) groups is 1. The number of nitrogens with one attached hydrogen (secondary N) is 2. The van der Waals surface area contributed by atoms with E-state index in [0.29, 0.717) is 23.6 Å². The molecule has 1 atom stereocenters. The zero-order valence-corrected chi connectivity index (χ0v) is 18.2. The van der Waals surface area contributed by atoms with Gasteiger partial charge in [0.2, 0.25) is 10.0 Å². The maximum atomic E-state index is 12.4. The predicted octanol–water partition coefficient (Wildman–Crippen LogP) is 3.01. The maximum absolute atomic E-state index is 12.4. The minimum Gasteiger partial charge on any atom is -0.496 e. The zero-order valence-electron chi connectivity index (χ0n) is 15.3. The van der Waals surface area contributed by atoms with E-state index in [-0.39, 0.29) is 23.5 Å². The lowest BCUT2D eigenvalue weighted by molar-refractivity contribution is 0.102. The molecule has 3 rings (SSSR count). The van der Waals surface area contributed by atoms with Gasteiger partial charge in [-0.15, -0.1) is 0 Å². The number of anilines is 1. The molecular formula is C19H21IN2O5S. The summed E-state index contributed by atoms with van der Waals surface area (Å²) in [6, 6.07) is 11.2. The van der Waals surface area contributed by atoms with E-state index in [9.17, 15) is 13.2 Å². The van der Waals surface area contributed by atoms with Gasteiger partial charge in [-0.3, -0.25) is 4.79 Å². The van der Waals surface area contributed by atoms with Crippen LogP contribution in [0, 0.1) is 3.57 Å². The van der Waals surface area contributed by atoms with E-state index in [0.717, 1.165) is 16.4 Å². The Morgan fingerprint density at radius 2 is 2.00 bits per heavy atom. The van der Waals surface area contributed by atoms with Crippen LogP contribution in [0.1, 0.15) is 23.2 Å². The molecule has 2 aromatic rings. The third-order valence-corrected chi connectivity index (χ3v) is 6.64. The summed E-state index contributed by atoms with van der Waals surface area (Å²) in [7, 11) is -2.04. The van der Waals surface area contributed by atoms with Crippen LogP contribution in [-0.2, 0) is 14.8 Å². The van der Waals surface area contributed by atoms with Crippen molar-refractivity contribution in [2.75, 3.05) is 25.6 Å². The summed E-state index contributed by atoms with van der Waals surface area (Å²) in [5.41, 5.74) is 0.994. The van der Waals surface area contributed by atoms with Crippen molar-refractivity contribution in [2.24, 2.45) is 0 Å². The molecule has 1 saturated heterocycles. The average Bonchev–Trinajstić information content (AvgIpc) is 3.20. The van der Waals surface area contributed by atoms with Crippen molar-refractivity contribution in [1.29, 1.82) is 0 Å². The van der Waals surface area contributed by atoms with Crippen molar-refractivity contribution in [1.82, 2.24) is 4.72 Å². The molecule has 0 aliphatic carbocycles. The van der Waals surface area contributed by atoms with E-state index < -0.39 is 10.0 Å². The highest BCUT2D eigenvalue weighted by Gasteiger charge is 2.20. The molecule has 2 aromatic carbocycles. The fourth-order valence-corrected chi connectivity index (χ4v) is 4.62. The standard InChI is InChI=1S/C19H21IN2O5S/c1-26-18-9-4-13(11-17(18)20)19(23)22-14-5-7-16(8-6-14)28(24,25)21-12-15-3-2-10-27-15/h4-9,11,15,21H,2-3,10,12H2,1H3,(H,22,23). The molecule has 0 bridgehead atoms. The summed E-state index contributed by atoms with van der Waals surface area (Å²) in [6.45, 7) is 0.935. The molecule has 1 aliphatic heterocycles. The first-order valence-corrected chi connectivity index (χ1v) is 11.3. The molecule has 1 amide bonds. The number of amides is 1. The Labute approximate surface area is 178 Å². The molecule has 28 heavy (non-hydrogen) atoms. The smallest absolute Gasteiger partial charge is 0.255 e. The van der Waals surface area contributed by atoms with Crippen molar-refractivity contribution in [3.63, 3.8) is 0 Å². The molecule has 1 aliphatic rings. The zero-order chi connectivity index (χ0) is 20.1. The highest BCUT2D eigenvalue weighted by Crippen LogP contribution is 2.22. The van der Waals surface area contributed by atoms with E-state index in [2.05, 4.69) is 32.6 Å². The molecule has 1 fully saturated rings. The van der Waals surface area contributed by atoms with Crippen LogP contribution < -0.4 is 14.8 Å². The Balaban J connectivity index is 1.63. The molecule has 150 valence electrons. The predicted molar refractivity (Wildman–Crippen MR) is 114 cm³/mol. The minimum absolute atomic E-state index is 0.0689. The topological polar surface area (TPSA) is 93.7 Å². The molecule has 1 heterocycles. The fourth-order valence-electron chi connectivity index (χ4n) is 2.82. The summed E-state index contributed by atoms with van der Waals surface area (Å²) in [6.07, 6.45) is 1.74. The van der Waals surface area contributed by atoms with E-state index >= 15 is 0 Å². The Morgan fingerprint density at radius 1 is 1.25 bits per heavy atom. The van der Waals surface area contributed by atoms with Gasteiger partial charge in [0.25, 0.3) is 5.91 Å². The highest BCUT2D eigenvalue weighted by atomic mass is 127. The van der Waals surface area contributed by atoms with Crippen LogP contribution in [0.3, 0.4) is 0 Å². The third kappa shape index (κ3) is 5.22. The second kappa shape index (κ2) is 9.21. The molecule has 0 aromatic heterocycles. The van der Waals surface area contributed by atoms with Crippen LogP contribution in [-0.4, -0.2) is 40.7 Å². The highest BCUT2D eigenvalue weighted by molar-refractivity contribution is 14.1.